The fraction of sp³-hybridized carbons (Fsp3) is 0.318. The highest BCUT2D eigenvalue weighted by molar-refractivity contribution is 7.16. The van der Waals surface area contributed by atoms with Gasteiger partial charge in [-0.2, -0.15) is 0 Å². The molecule has 3 rings (SSSR count). The van der Waals surface area contributed by atoms with Gasteiger partial charge in [-0.1, -0.05) is 37.3 Å². The van der Waals surface area contributed by atoms with Crippen LogP contribution in [0.4, 0.5) is 10.7 Å². The lowest BCUT2D eigenvalue weighted by molar-refractivity contribution is -0.146. The fourth-order valence-corrected chi connectivity index (χ4v) is 4.77. The van der Waals surface area contributed by atoms with Gasteiger partial charge in [0.2, 0.25) is 5.91 Å². The smallest absolute Gasteiger partial charge is 0.307 e. The number of hydrogen-bond acceptors (Lipinski definition) is 4. The normalized spacial score (nSPS) is 18.3. The summed E-state index contributed by atoms with van der Waals surface area (Å²) in [6.45, 7) is 3.88. The number of benzene rings is 1. The first-order valence-corrected chi connectivity index (χ1v) is 10.4. The number of nitrogens with one attached hydrogen (secondary N) is 2. The molecule has 2 atom stereocenters. The van der Waals surface area contributed by atoms with E-state index in [-0.39, 0.29) is 11.8 Å². The summed E-state index contributed by atoms with van der Waals surface area (Å²) in [6, 6.07) is 9.13. The van der Waals surface area contributed by atoms with Gasteiger partial charge in [0.25, 0.3) is 5.91 Å². The molecule has 0 spiro atoms. The number of amides is 2. The first-order chi connectivity index (χ1) is 13.9. The van der Waals surface area contributed by atoms with Crippen molar-refractivity contribution >= 4 is 39.8 Å². The molecule has 29 heavy (non-hydrogen) atoms. The number of anilines is 2. The van der Waals surface area contributed by atoms with Gasteiger partial charge in [-0.25, -0.2) is 0 Å². The number of para-hydroxylation sites is 1. The number of allylic oxidation sites excluding steroid dienone is 2. The molecule has 2 amide bonds. The van der Waals surface area contributed by atoms with Crippen molar-refractivity contribution in [3.8, 4) is 0 Å². The van der Waals surface area contributed by atoms with Crippen LogP contribution < -0.4 is 10.6 Å². The number of carbonyl (C=O) groups excluding carboxylic acids is 2. The molecule has 1 aliphatic rings. The molecule has 7 heteroatoms. The first kappa shape index (κ1) is 20.8. The van der Waals surface area contributed by atoms with Crippen molar-refractivity contribution < 1.29 is 19.5 Å². The lowest BCUT2D eigenvalue weighted by atomic mass is 9.82. The fourth-order valence-electron chi connectivity index (χ4n) is 3.63. The molecule has 1 aromatic carbocycles. The molecule has 0 saturated carbocycles. The Morgan fingerprint density at radius 2 is 1.72 bits per heavy atom. The Bertz CT molecular complexity index is 949. The molecule has 6 nitrogen and oxygen atoms in total. The number of aryl methyl sites for hydroxylation is 1. The number of aliphatic carboxylic acids is 1. The van der Waals surface area contributed by atoms with E-state index < -0.39 is 17.8 Å². The van der Waals surface area contributed by atoms with Crippen LogP contribution in [0, 0.1) is 18.8 Å². The highest BCUT2D eigenvalue weighted by Gasteiger charge is 2.35. The average Bonchev–Trinajstić information content (AvgIpc) is 3.03. The minimum atomic E-state index is -0.979. The molecule has 0 unspecified atom stereocenters. The lowest BCUT2D eigenvalue weighted by Crippen LogP contribution is -2.35. The Hall–Kier alpha value is -2.93. The van der Waals surface area contributed by atoms with Crippen molar-refractivity contribution in [1.29, 1.82) is 0 Å². The van der Waals surface area contributed by atoms with Crippen LogP contribution in [0.3, 0.4) is 0 Å². The zero-order valence-electron chi connectivity index (χ0n) is 16.4. The minimum absolute atomic E-state index is 0.286. The van der Waals surface area contributed by atoms with Crippen LogP contribution in [0.5, 0.6) is 0 Å². The van der Waals surface area contributed by atoms with Crippen LogP contribution >= 0.6 is 11.3 Å². The van der Waals surface area contributed by atoms with E-state index in [1.807, 2.05) is 38.1 Å². The topological polar surface area (TPSA) is 95.5 Å². The molecule has 1 aromatic heterocycles. The molecular weight excluding hydrogens is 388 g/mol. The number of carboxylic acid groups (broad SMARTS) is 1. The molecule has 1 aliphatic carbocycles. The van der Waals surface area contributed by atoms with Crippen LogP contribution in [-0.2, 0) is 16.0 Å². The van der Waals surface area contributed by atoms with Crippen LogP contribution in [0.1, 0.15) is 40.6 Å². The van der Waals surface area contributed by atoms with E-state index in [0.717, 1.165) is 10.4 Å². The predicted octanol–water partition coefficient (Wildman–Crippen LogP) is 4.48. The second-order valence-electron chi connectivity index (χ2n) is 7.00. The SMILES string of the molecule is CCc1c(C)sc(NC(=O)[C@H]2CC=CC[C@@H]2C(=O)O)c1C(=O)Nc1ccccc1. The Balaban J connectivity index is 1.87. The Morgan fingerprint density at radius 3 is 2.34 bits per heavy atom. The molecule has 0 radical (unpaired) electrons. The van der Waals surface area contributed by atoms with E-state index in [9.17, 15) is 19.5 Å². The van der Waals surface area contributed by atoms with E-state index in [0.29, 0.717) is 35.5 Å². The molecule has 1 heterocycles. The maximum Gasteiger partial charge on any atom is 0.307 e. The second-order valence-corrected chi connectivity index (χ2v) is 8.22. The van der Waals surface area contributed by atoms with E-state index in [4.69, 9.17) is 0 Å². The van der Waals surface area contributed by atoms with E-state index in [2.05, 4.69) is 10.6 Å². The number of thiophene rings is 1. The van der Waals surface area contributed by atoms with Crippen LogP contribution in [0.25, 0.3) is 0 Å². The lowest BCUT2D eigenvalue weighted by Gasteiger charge is -2.24. The van der Waals surface area contributed by atoms with Crippen molar-refractivity contribution in [2.75, 3.05) is 10.6 Å². The third-order valence-electron chi connectivity index (χ3n) is 5.14. The van der Waals surface area contributed by atoms with Crippen molar-refractivity contribution in [1.82, 2.24) is 0 Å². The molecule has 152 valence electrons. The van der Waals surface area contributed by atoms with Gasteiger partial charge in [-0.15, -0.1) is 11.3 Å². The van der Waals surface area contributed by atoms with Gasteiger partial charge in [0.05, 0.1) is 17.4 Å². The van der Waals surface area contributed by atoms with Gasteiger partial charge in [0.1, 0.15) is 5.00 Å². The molecule has 0 bridgehead atoms. The third kappa shape index (κ3) is 4.56. The highest BCUT2D eigenvalue weighted by Crippen LogP contribution is 2.35. The van der Waals surface area contributed by atoms with E-state index >= 15 is 0 Å². The molecule has 2 aromatic rings. The molecule has 0 fully saturated rings. The van der Waals surface area contributed by atoms with Crippen LogP contribution in [-0.4, -0.2) is 22.9 Å². The Kier molecular flexibility index (Phi) is 6.49. The van der Waals surface area contributed by atoms with Crippen molar-refractivity contribution in [3.05, 3.63) is 58.5 Å². The zero-order chi connectivity index (χ0) is 21.0. The summed E-state index contributed by atoms with van der Waals surface area (Å²) in [6.07, 6.45) is 4.99. The van der Waals surface area contributed by atoms with E-state index in [1.54, 1.807) is 18.2 Å². The number of rotatable bonds is 6. The maximum atomic E-state index is 13.0. The zero-order valence-corrected chi connectivity index (χ0v) is 17.2. The van der Waals surface area contributed by atoms with Gasteiger partial charge in [0, 0.05) is 10.6 Å². The predicted molar refractivity (Wildman–Crippen MR) is 114 cm³/mol. The summed E-state index contributed by atoms with van der Waals surface area (Å²) in [5.74, 6) is -3.04. The Morgan fingerprint density at radius 1 is 1.07 bits per heavy atom. The minimum Gasteiger partial charge on any atom is -0.481 e. The standard InChI is InChI=1S/C22H24N2O4S/c1-3-15-13(2)29-21(18(15)20(26)23-14-9-5-4-6-10-14)24-19(25)16-11-7-8-12-17(16)22(27)28/h4-10,16-17H,3,11-12H2,1-2H3,(H,23,26)(H,24,25)(H,27,28)/t16-,17-/m0/s1. The number of carbonyl (C=O) groups is 3. The third-order valence-corrected chi connectivity index (χ3v) is 6.21. The monoisotopic (exact) mass is 412 g/mol. The summed E-state index contributed by atoms with van der Waals surface area (Å²) >= 11 is 1.35. The summed E-state index contributed by atoms with van der Waals surface area (Å²) in [7, 11) is 0. The maximum absolute atomic E-state index is 13.0. The number of carboxylic acids is 1. The van der Waals surface area contributed by atoms with Gasteiger partial charge < -0.3 is 15.7 Å². The van der Waals surface area contributed by atoms with Gasteiger partial charge >= 0.3 is 5.97 Å². The molecule has 3 N–H and O–H groups in total. The van der Waals surface area contributed by atoms with Gasteiger partial charge in [0.15, 0.2) is 0 Å². The highest BCUT2D eigenvalue weighted by atomic mass is 32.1. The quantitative estimate of drug-likeness (QED) is 0.610. The average molecular weight is 413 g/mol. The van der Waals surface area contributed by atoms with E-state index in [1.165, 1.54) is 11.3 Å². The summed E-state index contributed by atoms with van der Waals surface area (Å²) in [5, 5.41) is 15.6. The van der Waals surface area contributed by atoms with Crippen molar-refractivity contribution in [2.45, 2.75) is 33.1 Å². The first-order valence-electron chi connectivity index (χ1n) is 9.59. The summed E-state index contributed by atoms with van der Waals surface area (Å²) in [5.41, 5.74) is 2.01. The molecular formula is C22H24N2O4S. The largest absolute Gasteiger partial charge is 0.481 e. The second kappa shape index (κ2) is 9.05. The summed E-state index contributed by atoms with van der Waals surface area (Å²) < 4.78 is 0. The van der Waals surface area contributed by atoms with Gasteiger partial charge in [-0.3, -0.25) is 14.4 Å². The molecule has 0 saturated heterocycles. The van der Waals surface area contributed by atoms with Crippen molar-refractivity contribution in [3.63, 3.8) is 0 Å². The number of hydrogen-bond donors (Lipinski definition) is 3. The van der Waals surface area contributed by atoms with Crippen LogP contribution in [0.15, 0.2) is 42.5 Å². The molecule has 0 aliphatic heterocycles. The summed E-state index contributed by atoms with van der Waals surface area (Å²) in [4.78, 5) is 38.4. The van der Waals surface area contributed by atoms with Crippen LogP contribution in [0.2, 0.25) is 0 Å². The van der Waals surface area contributed by atoms with Gasteiger partial charge in [-0.05, 0) is 43.9 Å². The Labute approximate surface area is 173 Å². The van der Waals surface area contributed by atoms with Crippen molar-refractivity contribution in [2.24, 2.45) is 11.8 Å².